The molecule has 1 saturated heterocycles. The molecule has 0 aliphatic carbocycles. The first-order chi connectivity index (χ1) is 11.5. The Morgan fingerprint density at radius 2 is 1.88 bits per heavy atom. The molecule has 134 valence electrons. The summed E-state index contributed by atoms with van der Waals surface area (Å²) < 4.78 is 5.33. The van der Waals surface area contributed by atoms with E-state index in [1.54, 1.807) is 4.90 Å². The number of carboxylic acid groups (broad SMARTS) is 1. The van der Waals surface area contributed by atoms with Gasteiger partial charge in [0.25, 0.3) is 12.4 Å². The van der Waals surface area contributed by atoms with Crippen LogP contribution in [-0.4, -0.2) is 83.7 Å². The molecule has 0 saturated carbocycles. The lowest BCUT2D eigenvalue weighted by Gasteiger charge is -2.27. The number of aryl methyl sites for hydroxylation is 2. The van der Waals surface area contributed by atoms with Crippen molar-refractivity contribution in [1.82, 2.24) is 19.8 Å². The van der Waals surface area contributed by atoms with Crippen LogP contribution in [0.5, 0.6) is 0 Å². The van der Waals surface area contributed by atoms with Crippen molar-refractivity contribution in [1.29, 1.82) is 0 Å². The Bertz CT molecular complexity index is 513. The van der Waals surface area contributed by atoms with E-state index in [1.165, 1.54) is 6.33 Å². The van der Waals surface area contributed by atoms with E-state index in [4.69, 9.17) is 14.6 Å². The summed E-state index contributed by atoms with van der Waals surface area (Å²) in [7, 11) is 1.84. The Hall–Kier alpha value is -2.06. The average molecular weight is 338 g/mol. The van der Waals surface area contributed by atoms with Gasteiger partial charge in [-0.2, -0.15) is 0 Å². The number of aromatic nitrogens is 2. The van der Waals surface area contributed by atoms with Crippen LogP contribution >= 0.6 is 0 Å². The Kier molecular flexibility index (Phi) is 8.88. The first kappa shape index (κ1) is 20.0. The van der Waals surface area contributed by atoms with Gasteiger partial charge in [0, 0.05) is 33.2 Å². The van der Waals surface area contributed by atoms with Crippen LogP contribution in [0.2, 0.25) is 0 Å². The molecule has 1 aromatic heterocycles. The first-order valence-corrected chi connectivity index (χ1v) is 7.92. The summed E-state index contributed by atoms with van der Waals surface area (Å²) in [6.45, 7) is 8.80. The fourth-order valence-electron chi connectivity index (χ4n) is 2.55. The number of hydrogen-bond donors (Lipinski definition) is 1. The SMILES string of the molecule is Cc1ncnc(C)c1C(=O)N(C)CCCN1CCOCC1.O=CO. The van der Waals surface area contributed by atoms with Gasteiger partial charge in [0.2, 0.25) is 0 Å². The van der Waals surface area contributed by atoms with Crippen LogP contribution in [0.4, 0.5) is 0 Å². The third-order valence-corrected chi connectivity index (χ3v) is 3.86. The minimum absolute atomic E-state index is 0.00702. The summed E-state index contributed by atoms with van der Waals surface area (Å²) in [6.07, 6.45) is 2.47. The topological polar surface area (TPSA) is 95.9 Å². The minimum Gasteiger partial charge on any atom is -0.483 e. The van der Waals surface area contributed by atoms with Gasteiger partial charge in [-0.25, -0.2) is 9.97 Å². The molecule has 0 radical (unpaired) electrons. The van der Waals surface area contributed by atoms with E-state index < -0.39 is 0 Å². The largest absolute Gasteiger partial charge is 0.483 e. The quantitative estimate of drug-likeness (QED) is 0.785. The van der Waals surface area contributed by atoms with Gasteiger partial charge < -0.3 is 14.7 Å². The van der Waals surface area contributed by atoms with Gasteiger partial charge in [-0.05, 0) is 20.3 Å². The zero-order chi connectivity index (χ0) is 17.9. The number of carbonyl (C=O) groups is 2. The van der Waals surface area contributed by atoms with E-state index in [9.17, 15) is 4.79 Å². The maximum Gasteiger partial charge on any atom is 0.290 e. The predicted molar refractivity (Wildman–Crippen MR) is 89.0 cm³/mol. The van der Waals surface area contributed by atoms with Crippen LogP contribution in [0, 0.1) is 13.8 Å². The van der Waals surface area contributed by atoms with Crippen LogP contribution < -0.4 is 0 Å². The summed E-state index contributed by atoms with van der Waals surface area (Å²) in [4.78, 5) is 33.2. The van der Waals surface area contributed by atoms with Gasteiger partial charge in [0.05, 0.1) is 30.2 Å². The number of carbonyl (C=O) groups excluding carboxylic acids is 1. The van der Waals surface area contributed by atoms with Crippen molar-refractivity contribution in [2.24, 2.45) is 0 Å². The van der Waals surface area contributed by atoms with Crippen molar-refractivity contribution in [3.05, 3.63) is 23.3 Å². The molecule has 0 aromatic carbocycles. The lowest BCUT2D eigenvalue weighted by molar-refractivity contribution is -0.122. The van der Waals surface area contributed by atoms with Gasteiger partial charge in [0.15, 0.2) is 0 Å². The monoisotopic (exact) mass is 338 g/mol. The fourth-order valence-corrected chi connectivity index (χ4v) is 2.55. The van der Waals surface area contributed by atoms with Crippen LogP contribution in [0.3, 0.4) is 0 Å². The summed E-state index contributed by atoms with van der Waals surface area (Å²) in [6, 6.07) is 0. The zero-order valence-electron chi connectivity index (χ0n) is 14.6. The van der Waals surface area contributed by atoms with Crippen molar-refractivity contribution in [2.45, 2.75) is 20.3 Å². The van der Waals surface area contributed by atoms with Crippen LogP contribution in [-0.2, 0) is 9.53 Å². The van der Waals surface area contributed by atoms with Crippen molar-refractivity contribution in [2.75, 3.05) is 46.4 Å². The highest BCUT2D eigenvalue weighted by Crippen LogP contribution is 2.11. The van der Waals surface area contributed by atoms with Crippen molar-refractivity contribution in [3.63, 3.8) is 0 Å². The minimum atomic E-state index is -0.250. The van der Waals surface area contributed by atoms with E-state index in [2.05, 4.69) is 14.9 Å². The second kappa shape index (κ2) is 10.7. The molecule has 0 bridgehead atoms. The molecular weight excluding hydrogens is 312 g/mol. The molecule has 0 atom stereocenters. The molecule has 2 rings (SSSR count). The van der Waals surface area contributed by atoms with E-state index in [0.29, 0.717) is 5.56 Å². The van der Waals surface area contributed by atoms with E-state index >= 15 is 0 Å². The van der Waals surface area contributed by atoms with Crippen LogP contribution in [0.15, 0.2) is 6.33 Å². The summed E-state index contributed by atoms with van der Waals surface area (Å²) in [5.74, 6) is 0.00702. The highest BCUT2D eigenvalue weighted by molar-refractivity contribution is 5.96. The van der Waals surface area contributed by atoms with Crippen molar-refractivity contribution < 1.29 is 19.4 Å². The standard InChI is InChI=1S/C15H24N4O2.CH2O2/c1-12-14(13(2)17-11-16-12)15(20)18(3)5-4-6-19-7-9-21-10-8-19;2-1-3/h11H,4-10H2,1-3H3;1H,(H,2,3). The highest BCUT2D eigenvalue weighted by Gasteiger charge is 2.18. The summed E-state index contributed by atoms with van der Waals surface area (Å²) >= 11 is 0. The molecule has 1 amide bonds. The second-order valence-corrected chi connectivity index (χ2v) is 5.56. The molecule has 8 nitrogen and oxygen atoms in total. The summed E-state index contributed by atoms with van der Waals surface area (Å²) in [5, 5.41) is 6.89. The van der Waals surface area contributed by atoms with Crippen molar-refractivity contribution >= 4 is 12.4 Å². The third kappa shape index (κ3) is 6.21. The molecule has 1 aromatic rings. The Labute approximate surface area is 142 Å². The molecule has 2 heterocycles. The number of nitrogens with zero attached hydrogens (tertiary/aromatic N) is 4. The molecule has 1 fully saturated rings. The Balaban J connectivity index is 0.000000891. The van der Waals surface area contributed by atoms with Gasteiger partial charge in [-0.3, -0.25) is 14.5 Å². The number of ether oxygens (including phenoxy) is 1. The van der Waals surface area contributed by atoms with Gasteiger partial charge in [-0.1, -0.05) is 0 Å². The molecule has 1 aliphatic rings. The lowest BCUT2D eigenvalue weighted by atomic mass is 10.1. The van der Waals surface area contributed by atoms with Gasteiger partial charge in [0.1, 0.15) is 6.33 Å². The zero-order valence-corrected chi connectivity index (χ0v) is 14.6. The Morgan fingerprint density at radius 3 is 2.42 bits per heavy atom. The van der Waals surface area contributed by atoms with E-state index in [0.717, 1.165) is 57.2 Å². The fraction of sp³-hybridized carbons (Fsp3) is 0.625. The number of rotatable bonds is 5. The number of amides is 1. The number of morpholine rings is 1. The lowest BCUT2D eigenvalue weighted by Crippen LogP contribution is -2.38. The molecule has 1 aliphatic heterocycles. The van der Waals surface area contributed by atoms with Crippen molar-refractivity contribution in [3.8, 4) is 0 Å². The van der Waals surface area contributed by atoms with E-state index in [1.807, 2.05) is 20.9 Å². The highest BCUT2D eigenvalue weighted by atomic mass is 16.5. The summed E-state index contributed by atoms with van der Waals surface area (Å²) in [5.41, 5.74) is 2.12. The second-order valence-electron chi connectivity index (χ2n) is 5.56. The normalized spacial score (nSPS) is 14.5. The van der Waals surface area contributed by atoms with Crippen LogP contribution in [0.1, 0.15) is 28.2 Å². The average Bonchev–Trinajstić information content (AvgIpc) is 2.56. The van der Waals surface area contributed by atoms with Gasteiger partial charge >= 0.3 is 0 Å². The molecule has 8 heteroatoms. The molecular formula is C16H26N4O4. The number of hydrogen-bond acceptors (Lipinski definition) is 6. The smallest absolute Gasteiger partial charge is 0.290 e. The molecule has 0 unspecified atom stereocenters. The predicted octanol–water partition coefficient (Wildman–Crippen LogP) is 0.589. The van der Waals surface area contributed by atoms with E-state index in [-0.39, 0.29) is 12.4 Å². The Morgan fingerprint density at radius 1 is 1.33 bits per heavy atom. The molecule has 24 heavy (non-hydrogen) atoms. The van der Waals surface area contributed by atoms with Gasteiger partial charge in [-0.15, -0.1) is 0 Å². The maximum absolute atomic E-state index is 12.5. The molecule has 0 spiro atoms. The van der Waals surface area contributed by atoms with Crippen LogP contribution in [0.25, 0.3) is 0 Å². The maximum atomic E-state index is 12.5. The third-order valence-electron chi connectivity index (χ3n) is 3.86. The molecule has 1 N–H and O–H groups in total. The first-order valence-electron chi connectivity index (χ1n) is 7.92.